The normalized spacial score (nSPS) is 10.9. The predicted octanol–water partition coefficient (Wildman–Crippen LogP) is 3.77. The molecule has 0 atom stereocenters. The molecule has 4 rings (SSSR count). The monoisotopic (exact) mass is 403 g/mol. The van der Waals surface area contributed by atoms with Gasteiger partial charge in [0.15, 0.2) is 5.82 Å². The van der Waals surface area contributed by atoms with Crippen LogP contribution in [0.2, 0.25) is 0 Å². The van der Waals surface area contributed by atoms with Gasteiger partial charge in [-0.3, -0.25) is 4.79 Å². The van der Waals surface area contributed by atoms with Gasteiger partial charge in [-0.2, -0.15) is 4.98 Å². The van der Waals surface area contributed by atoms with Crippen molar-refractivity contribution < 1.29 is 13.7 Å². The highest BCUT2D eigenvalue weighted by Crippen LogP contribution is 2.24. The second kappa shape index (κ2) is 8.69. The van der Waals surface area contributed by atoms with Crippen LogP contribution < -0.4 is 5.32 Å². The molecule has 0 saturated carbocycles. The number of aromatic nitrogens is 4. The fraction of sp³-hybridized carbons (Fsp3) is 0.227. The second-order valence-corrected chi connectivity index (χ2v) is 6.95. The van der Waals surface area contributed by atoms with Crippen molar-refractivity contribution in [3.8, 4) is 22.9 Å². The summed E-state index contributed by atoms with van der Waals surface area (Å²) in [5, 5.41) is 14.9. The molecule has 0 bridgehead atoms. The van der Waals surface area contributed by atoms with E-state index in [1.165, 1.54) is 0 Å². The van der Waals surface area contributed by atoms with Crippen LogP contribution in [0.1, 0.15) is 34.1 Å². The summed E-state index contributed by atoms with van der Waals surface area (Å²) in [4.78, 5) is 16.5. The van der Waals surface area contributed by atoms with Crippen molar-refractivity contribution >= 4 is 5.91 Å². The zero-order valence-electron chi connectivity index (χ0n) is 16.8. The number of hydrogen-bond acceptors (Lipinski definition) is 7. The Morgan fingerprint density at radius 2 is 1.77 bits per heavy atom. The SMILES string of the molecule is Cc1cccc(-c2nnc(-c3ccc(C(=O)NCCCc4nc(C)no4)cc3)o2)c1. The molecule has 4 aromatic rings. The fourth-order valence-electron chi connectivity index (χ4n) is 2.98. The molecular formula is C22H21N5O3. The van der Waals surface area contributed by atoms with E-state index in [9.17, 15) is 4.79 Å². The minimum absolute atomic E-state index is 0.144. The van der Waals surface area contributed by atoms with Crippen LogP contribution in [-0.4, -0.2) is 32.8 Å². The summed E-state index contributed by atoms with van der Waals surface area (Å²) in [7, 11) is 0. The number of carbonyl (C=O) groups excluding carboxylic acids is 1. The number of benzene rings is 2. The van der Waals surface area contributed by atoms with Crippen molar-refractivity contribution in [1.29, 1.82) is 0 Å². The van der Waals surface area contributed by atoms with E-state index in [0.29, 0.717) is 42.0 Å². The summed E-state index contributed by atoms with van der Waals surface area (Å²) in [6.45, 7) is 4.30. The van der Waals surface area contributed by atoms with Gasteiger partial charge in [0.2, 0.25) is 17.7 Å². The zero-order chi connectivity index (χ0) is 20.9. The van der Waals surface area contributed by atoms with Gasteiger partial charge >= 0.3 is 0 Å². The maximum atomic E-state index is 12.3. The first-order valence-corrected chi connectivity index (χ1v) is 9.67. The second-order valence-electron chi connectivity index (χ2n) is 6.95. The van der Waals surface area contributed by atoms with Gasteiger partial charge in [0.1, 0.15) is 0 Å². The molecule has 152 valence electrons. The largest absolute Gasteiger partial charge is 0.416 e. The van der Waals surface area contributed by atoms with Crippen LogP contribution in [0.25, 0.3) is 22.9 Å². The Kier molecular flexibility index (Phi) is 5.65. The van der Waals surface area contributed by atoms with E-state index >= 15 is 0 Å². The lowest BCUT2D eigenvalue weighted by atomic mass is 10.1. The Balaban J connectivity index is 1.34. The average Bonchev–Trinajstić information content (AvgIpc) is 3.40. The molecule has 0 aliphatic carbocycles. The van der Waals surface area contributed by atoms with Crippen LogP contribution in [-0.2, 0) is 6.42 Å². The van der Waals surface area contributed by atoms with Crippen LogP contribution in [0.15, 0.2) is 57.5 Å². The van der Waals surface area contributed by atoms with Crippen LogP contribution >= 0.6 is 0 Å². The summed E-state index contributed by atoms with van der Waals surface area (Å²) in [5.41, 5.74) is 3.31. The van der Waals surface area contributed by atoms with Gasteiger partial charge in [-0.25, -0.2) is 0 Å². The van der Waals surface area contributed by atoms with Gasteiger partial charge < -0.3 is 14.3 Å². The summed E-state index contributed by atoms with van der Waals surface area (Å²) in [6, 6.07) is 14.9. The Bertz CT molecular complexity index is 1150. The van der Waals surface area contributed by atoms with E-state index < -0.39 is 0 Å². The number of nitrogens with zero attached hydrogens (tertiary/aromatic N) is 4. The number of nitrogens with one attached hydrogen (secondary N) is 1. The molecule has 2 heterocycles. The molecule has 0 radical (unpaired) electrons. The molecule has 0 fully saturated rings. The molecule has 30 heavy (non-hydrogen) atoms. The minimum Gasteiger partial charge on any atom is -0.416 e. The molecule has 0 aliphatic rings. The van der Waals surface area contributed by atoms with Crippen molar-refractivity contribution in [2.24, 2.45) is 0 Å². The summed E-state index contributed by atoms with van der Waals surface area (Å²) in [6.07, 6.45) is 1.34. The summed E-state index contributed by atoms with van der Waals surface area (Å²) in [5.74, 6) is 1.92. The first-order chi connectivity index (χ1) is 14.6. The summed E-state index contributed by atoms with van der Waals surface area (Å²) >= 11 is 0. The van der Waals surface area contributed by atoms with Crippen molar-refractivity contribution in [2.45, 2.75) is 26.7 Å². The highest BCUT2D eigenvalue weighted by atomic mass is 16.5. The first kappa shape index (κ1) is 19.5. The molecular weight excluding hydrogens is 382 g/mol. The van der Waals surface area contributed by atoms with E-state index in [1.807, 2.05) is 31.2 Å². The number of carbonyl (C=O) groups is 1. The molecule has 8 heteroatoms. The zero-order valence-corrected chi connectivity index (χ0v) is 16.8. The Labute approximate surface area is 173 Å². The number of rotatable bonds is 7. The van der Waals surface area contributed by atoms with Crippen molar-refractivity contribution in [3.05, 3.63) is 71.4 Å². The third-order valence-corrected chi connectivity index (χ3v) is 4.51. The lowest BCUT2D eigenvalue weighted by Crippen LogP contribution is -2.24. The van der Waals surface area contributed by atoms with Gasteiger partial charge in [-0.05, 0) is 56.7 Å². The molecule has 2 aromatic heterocycles. The Hall–Kier alpha value is -3.81. The third kappa shape index (κ3) is 4.60. The number of amides is 1. The smallest absolute Gasteiger partial charge is 0.251 e. The van der Waals surface area contributed by atoms with Crippen molar-refractivity contribution in [3.63, 3.8) is 0 Å². The Morgan fingerprint density at radius 3 is 2.47 bits per heavy atom. The van der Waals surface area contributed by atoms with Gasteiger partial charge in [0.25, 0.3) is 5.91 Å². The first-order valence-electron chi connectivity index (χ1n) is 9.67. The lowest BCUT2D eigenvalue weighted by molar-refractivity contribution is 0.0953. The van der Waals surface area contributed by atoms with Gasteiger partial charge in [0.05, 0.1) is 0 Å². The van der Waals surface area contributed by atoms with Gasteiger partial charge in [0, 0.05) is 29.7 Å². The van der Waals surface area contributed by atoms with Gasteiger partial charge in [-0.15, -0.1) is 10.2 Å². The van der Waals surface area contributed by atoms with Crippen molar-refractivity contribution in [2.75, 3.05) is 6.54 Å². The Morgan fingerprint density at radius 1 is 1.00 bits per heavy atom. The molecule has 8 nitrogen and oxygen atoms in total. The topological polar surface area (TPSA) is 107 Å². The molecule has 0 unspecified atom stereocenters. The molecule has 1 amide bonds. The van der Waals surface area contributed by atoms with Crippen LogP contribution in [0.4, 0.5) is 0 Å². The minimum atomic E-state index is -0.144. The highest BCUT2D eigenvalue weighted by Gasteiger charge is 2.12. The van der Waals surface area contributed by atoms with E-state index in [2.05, 4.69) is 25.7 Å². The maximum Gasteiger partial charge on any atom is 0.251 e. The van der Waals surface area contributed by atoms with E-state index in [1.54, 1.807) is 31.2 Å². The standard InChI is InChI=1S/C22H21N5O3/c1-14-5-3-6-18(13-14)22-26-25-21(29-22)17-10-8-16(9-11-17)20(28)23-12-4-7-19-24-15(2)27-30-19/h3,5-6,8-11,13H,4,7,12H2,1-2H3,(H,23,28). The molecule has 2 aromatic carbocycles. The van der Waals surface area contributed by atoms with E-state index in [-0.39, 0.29) is 5.91 Å². The van der Waals surface area contributed by atoms with Gasteiger partial charge in [-0.1, -0.05) is 22.9 Å². The van der Waals surface area contributed by atoms with E-state index in [4.69, 9.17) is 8.94 Å². The molecule has 0 saturated heterocycles. The molecule has 0 spiro atoms. The predicted molar refractivity (Wildman–Crippen MR) is 110 cm³/mol. The maximum absolute atomic E-state index is 12.3. The van der Waals surface area contributed by atoms with Crippen molar-refractivity contribution in [1.82, 2.24) is 25.7 Å². The van der Waals surface area contributed by atoms with Crippen LogP contribution in [0.3, 0.4) is 0 Å². The van der Waals surface area contributed by atoms with E-state index in [0.717, 1.165) is 23.1 Å². The van der Waals surface area contributed by atoms with Crippen LogP contribution in [0, 0.1) is 13.8 Å². The highest BCUT2D eigenvalue weighted by molar-refractivity contribution is 5.94. The number of aryl methyl sites for hydroxylation is 3. The van der Waals surface area contributed by atoms with Crippen LogP contribution in [0.5, 0.6) is 0 Å². The quantitative estimate of drug-likeness (QED) is 0.468. The lowest BCUT2D eigenvalue weighted by Gasteiger charge is -2.04. The fourth-order valence-corrected chi connectivity index (χ4v) is 2.98. The third-order valence-electron chi connectivity index (χ3n) is 4.51. The molecule has 1 N–H and O–H groups in total. The molecule has 0 aliphatic heterocycles. The summed E-state index contributed by atoms with van der Waals surface area (Å²) < 4.78 is 10.8. The average molecular weight is 403 g/mol. The number of hydrogen-bond donors (Lipinski definition) is 1.